The quantitative estimate of drug-likeness (QED) is 0.417. The fourth-order valence-electron chi connectivity index (χ4n) is 2.55. The second-order valence-corrected chi connectivity index (χ2v) is 11.6. The van der Waals surface area contributed by atoms with Crippen LogP contribution in [-0.2, 0) is 4.43 Å². The summed E-state index contributed by atoms with van der Waals surface area (Å²) >= 11 is 0. The molecule has 0 aliphatic rings. The summed E-state index contributed by atoms with van der Waals surface area (Å²) in [5.74, 6) is 2.43. The largest absolute Gasteiger partial charge is 0.417 e. The third kappa shape index (κ3) is 9.67. The first-order valence-electron chi connectivity index (χ1n) is 8.45. The minimum atomic E-state index is -1.48. The maximum Gasteiger partial charge on any atom is 0.192 e. The van der Waals surface area contributed by atoms with E-state index in [0.29, 0.717) is 0 Å². The van der Waals surface area contributed by atoms with Crippen molar-refractivity contribution in [1.82, 2.24) is 0 Å². The lowest BCUT2D eigenvalue weighted by Gasteiger charge is -2.33. The van der Waals surface area contributed by atoms with Crippen molar-refractivity contribution in [2.24, 2.45) is 17.8 Å². The maximum absolute atomic E-state index is 6.42. The first-order valence-corrected chi connectivity index (χ1v) is 11.0. The summed E-state index contributed by atoms with van der Waals surface area (Å²) in [7, 11) is -1.48. The molecule has 0 saturated heterocycles. The minimum absolute atomic E-state index is 0.811. The second-order valence-electron chi connectivity index (χ2n) is 7.41. The lowest BCUT2D eigenvalue weighted by atomic mass is 10.2. The van der Waals surface area contributed by atoms with Gasteiger partial charge in [0.05, 0.1) is 0 Å². The molecule has 0 saturated carbocycles. The van der Waals surface area contributed by atoms with Crippen LogP contribution < -0.4 is 0 Å². The smallest absolute Gasteiger partial charge is 0.192 e. The SMILES string of the molecule is CCO[Si](CCC(C)C)(CCC(C)C)CCC(C)C. The Hall–Kier alpha value is 0.177. The van der Waals surface area contributed by atoms with E-state index >= 15 is 0 Å². The number of rotatable bonds is 11. The molecule has 0 aromatic heterocycles. The zero-order chi connectivity index (χ0) is 14.9. The van der Waals surface area contributed by atoms with Crippen molar-refractivity contribution in [3.05, 3.63) is 0 Å². The molecular weight excluding hydrogens is 248 g/mol. The molecule has 0 bridgehead atoms. The van der Waals surface area contributed by atoms with Gasteiger partial charge in [-0.1, -0.05) is 60.8 Å². The molecule has 0 aliphatic heterocycles. The fourth-order valence-corrected chi connectivity index (χ4v) is 7.66. The van der Waals surface area contributed by atoms with Crippen LogP contribution >= 0.6 is 0 Å². The molecule has 2 heteroatoms. The summed E-state index contributed by atoms with van der Waals surface area (Å²) in [5.41, 5.74) is 0. The van der Waals surface area contributed by atoms with E-state index in [2.05, 4.69) is 48.5 Å². The van der Waals surface area contributed by atoms with Gasteiger partial charge in [-0.05, 0) is 42.8 Å². The van der Waals surface area contributed by atoms with Crippen molar-refractivity contribution in [2.45, 2.75) is 85.9 Å². The van der Waals surface area contributed by atoms with Gasteiger partial charge in [0.15, 0.2) is 8.32 Å². The first-order chi connectivity index (χ1) is 8.81. The van der Waals surface area contributed by atoms with Gasteiger partial charge in [0.1, 0.15) is 0 Å². The van der Waals surface area contributed by atoms with Crippen LogP contribution in [0.25, 0.3) is 0 Å². The Morgan fingerprint density at radius 2 is 1.00 bits per heavy atom. The van der Waals surface area contributed by atoms with Gasteiger partial charge in [0.25, 0.3) is 0 Å². The third-order valence-electron chi connectivity index (χ3n) is 3.98. The normalized spacial score (nSPS) is 12.9. The number of hydrogen-bond donors (Lipinski definition) is 0. The van der Waals surface area contributed by atoms with Gasteiger partial charge in [0.2, 0.25) is 0 Å². The predicted molar refractivity (Wildman–Crippen MR) is 90.2 cm³/mol. The van der Waals surface area contributed by atoms with E-state index in [1.165, 1.54) is 37.4 Å². The van der Waals surface area contributed by atoms with Crippen LogP contribution in [0.4, 0.5) is 0 Å². The third-order valence-corrected chi connectivity index (χ3v) is 8.48. The highest BCUT2D eigenvalue weighted by atomic mass is 28.4. The molecule has 0 unspecified atom stereocenters. The van der Waals surface area contributed by atoms with Gasteiger partial charge in [-0.25, -0.2) is 0 Å². The molecule has 0 heterocycles. The minimum Gasteiger partial charge on any atom is -0.417 e. The van der Waals surface area contributed by atoms with Crippen molar-refractivity contribution >= 4 is 8.32 Å². The number of hydrogen-bond acceptors (Lipinski definition) is 1. The topological polar surface area (TPSA) is 9.23 Å². The molecule has 0 aromatic rings. The molecule has 0 N–H and O–H groups in total. The van der Waals surface area contributed by atoms with Gasteiger partial charge in [-0.15, -0.1) is 0 Å². The maximum atomic E-state index is 6.42. The summed E-state index contributed by atoms with van der Waals surface area (Å²) in [6.45, 7) is 17.2. The lowest BCUT2D eigenvalue weighted by Crippen LogP contribution is -2.39. The van der Waals surface area contributed by atoms with Crippen molar-refractivity contribution in [3.8, 4) is 0 Å². The average Bonchev–Trinajstić information content (AvgIpc) is 2.31. The Bertz CT molecular complexity index is 180. The zero-order valence-electron chi connectivity index (χ0n) is 14.6. The van der Waals surface area contributed by atoms with E-state index in [4.69, 9.17) is 4.43 Å². The zero-order valence-corrected chi connectivity index (χ0v) is 15.6. The van der Waals surface area contributed by atoms with E-state index in [1.807, 2.05) is 0 Å². The Balaban J connectivity index is 4.65. The fraction of sp³-hybridized carbons (Fsp3) is 1.00. The molecule has 0 rings (SSSR count). The van der Waals surface area contributed by atoms with Crippen molar-refractivity contribution in [1.29, 1.82) is 0 Å². The Kier molecular flexibility index (Phi) is 10.1. The highest BCUT2D eigenvalue weighted by Crippen LogP contribution is 2.32. The van der Waals surface area contributed by atoms with Gasteiger partial charge in [0, 0.05) is 6.61 Å². The molecular formula is C17H38OSi. The predicted octanol–water partition coefficient (Wildman–Crippen LogP) is 6.11. The van der Waals surface area contributed by atoms with Crippen LogP contribution in [0.1, 0.15) is 67.7 Å². The summed E-state index contributed by atoms with van der Waals surface area (Å²) in [6.07, 6.45) is 4.05. The molecule has 0 aromatic carbocycles. The molecule has 0 spiro atoms. The summed E-state index contributed by atoms with van der Waals surface area (Å²) in [6, 6.07) is 4.12. The lowest BCUT2D eigenvalue weighted by molar-refractivity contribution is 0.308. The van der Waals surface area contributed by atoms with E-state index in [-0.39, 0.29) is 0 Å². The van der Waals surface area contributed by atoms with Crippen LogP contribution in [0.3, 0.4) is 0 Å². The van der Waals surface area contributed by atoms with Gasteiger partial charge >= 0.3 is 0 Å². The molecule has 19 heavy (non-hydrogen) atoms. The summed E-state index contributed by atoms with van der Waals surface area (Å²) < 4.78 is 6.42. The molecule has 0 atom stereocenters. The monoisotopic (exact) mass is 286 g/mol. The summed E-state index contributed by atoms with van der Waals surface area (Å²) in [5, 5.41) is 0. The van der Waals surface area contributed by atoms with Crippen molar-refractivity contribution < 1.29 is 4.43 Å². The van der Waals surface area contributed by atoms with Crippen molar-refractivity contribution in [3.63, 3.8) is 0 Å². The molecule has 0 radical (unpaired) electrons. The molecule has 0 aliphatic carbocycles. The molecule has 116 valence electrons. The molecule has 0 fully saturated rings. The van der Waals surface area contributed by atoms with Gasteiger partial charge in [-0.2, -0.15) is 0 Å². The van der Waals surface area contributed by atoms with E-state index in [9.17, 15) is 0 Å². The second kappa shape index (κ2) is 9.98. The average molecular weight is 287 g/mol. The van der Waals surface area contributed by atoms with Crippen LogP contribution in [0.15, 0.2) is 0 Å². The van der Waals surface area contributed by atoms with Gasteiger partial charge in [-0.3, -0.25) is 0 Å². The van der Waals surface area contributed by atoms with Crippen LogP contribution in [0, 0.1) is 17.8 Å². The van der Waals surface area contributed by atoms with Gasteiger partial charge < -0.3 is 4.43 Å². The highest BCUT2D eigenvalue weighted by Gasteiger charge is 2.34. The highest BCUT2D eigenvalue weighted by molar-refractivity contribution is 6.73. The van der Waals surface area contributed by atoms with E-state index in [1.54, 1.807) is 0 Å². The van der Waals surface area contributed by atoms with E-state index in [0.717, 1.165) is 24.4 Å². The van der Waals surface area contributed by atoms with Crippen LogP contribution in [0.2, 0.25) is 18.1 Å². The van der Waals surface area contributed by atoms with Crippen molar-refractivity contribution in [2.75, 3.05) is 6.61 Å². The Labute approximate surface area is 123 Å². The van der Waals surface area contributed by atoms with Crippen LogP contribution in [0.5, 0.6) is 0 Å². The Morgan fingerprint density at radius 3 is 1.21 bits per heavy atom. The Morgan fingerprint density at radius 1 is 0.684 bits per heavy atom. The first kappa shape index (κ1) is 19.2. The standard InChI is InChI=1S/C17H38OSi/c1-8-18-19(12-9-15(2)3,13-10-16(4)5)14-11-17(6)7/h15-17H,8-14H2,1-7H3. The van der Waals surface area contributed by atoms with Crippen LogP contribution in [-0.4, -0.2) is 14.9 Å². The summed E-state index contributed by atoms with van der Waals surface area (Å²) in [4.78, 5) is 0. The molecule has 1 nitrogen and oxygen atoms in total. The van der Waals surface area contributed by atoms with E-state index < -0.39 is 8.32 Å². The molecule has 0 amide bonds.